The molecule has 1 aliphatic rings. The molecule has 1 heterocycles. The summed E-state index contributed by atoms with van der Waals surface area (Å²) in [6.07, 6.45) is 0.399. The second-order valence-corrected chi connectivity index (χ2v) is 9.02. The number of amides is 3. The van der Waals surface area contributed by atoms with Crippen molar-refractivity contribution in [3.05, 3.63) is 101 Å². The van der Waals surface area contributed by atoms with Crippen LogP contribution in [-0.2, 0) is 22.6 Å². The molecule has 2 N–H and O–H groups in total. The summed E-state index contributed by atoms with van der Waals surface area (Å²) in [5.41, 5.74) is 4.09. The highest BCUT2D eigenvalue weighted by molar-refractivity contribution is 6.04. The normalized spacial score (nSPS) is 13.8. The molecule has 7 nitrogen and oxygen atoms in total. The minimum Gasteiger partial charge on any atom is -0.348 e. The predicted octanol–water partition coefficient (Wildman–Crippen LogP) is 3.25. The fraction of sp³-hybridized carbons (Fsp3) is 0.276. The summed E-state index contributed by atoms with van der Waals surface area (Å²) in [6.45, 7) is 5.09. The third-order valence-corrected chi connectivity index (χ3v) is 6.44. The van der Waals surface area contributed by atoms with Gasteiger partial charge in [-0.1, -0.05) is 66.7 Å². The largest absolute Gasteiger partial charge is 0.348 e. The van der Waals surface area contributed by atoms with Gasteiger partial charge in [-0.05, 0) is 35.7 Å². The second-order valence-electron chi connectivity index (χ2n) is 9.02. The first-order valence-electron chi connectivity index (χ1n) is 12.3. The standard InChI is InChI=1S/C29H32N4O3/c1-22-9-5-6-12-24(22)19-28(35)33-17-15-32(16-18-33)21-27(34)31-26-14-8-7-13-25(26)29(36)30-20-23-10-3-2-4-11-23/h2-14H,15-21H2,1H3,(H,30,36)(H,31,34). The van der Waals surface area contributed by atoms with E-state index in [-0.39, 0.29) is 24.3 Å². The number of nitrogens with one attached hydrogen (secondary N) is 2. The molecule has 0 spiro atoms. The zero-order chi connectivity index (χ0) is 25.3. The Kier molecular flexibility index (Phi) is 8.47. The monoisotopic (exact) mass is 484 g/mol. The van der Waals surface area contributed by atoms with Gasteiger partial charge in [-0.2, -0.15) is 0 Å². The molecule has 4 rings (SSSR count). The number of hydrogen-bond donors (Lipinski definition) is 2. The maximum absolute atomic E-state index is 12.8. The molecule has 3 aromatic rings. The summed E-state index contributed by atoms with van der Waals surface area (Å²) in [7, 11) is 0. The van der Waals surface area contributed by atoms with E-state index >= 15 is 0 Å². The maximum atomic E-state index is 12.8. The van der Waals surface area contributed by atoms with E-state index in [0.29, 0.717) is 50.4 Å². The van der Waals surface area contributed by atoms with Crippen molar-refractivity contribution in [2.24, 2.45) is 0 Å². The molecule has 0 unspecified atom stereocenters. The Morgan fingerprint density at radius 1 is 0.806 bits per heavy atom. The Morgan fingerprint density at radius 3 is 2.22 bits per heavy atom. The number of rotatable bonds is 8. The molecule has 1 saturated heterocycles. The first-order chi connectivity index (χ1) is 17.5. The van der Waals surface area contributed by atoms with E-state index in [1.165, 1.54) is 0 Å². The number of para-hydroxylation sites is 1. The van der Waals surface area contributed by atoms with Gasteiger partial charge in [0.1, 0.15) is 0 Å². The molecule has 0 aliphatic carbocycles. The first-order valence-corrected chi connectivity index (χ1v) is 12.3. The molecular formula is C29H32N4O3. The van der Waals surface area contributed by atoms with Gasteiger partial charge in [0.05, 0.1) is 24.2 Å². The van der Waals surface area contributed by atoms with Crippen molar-refractivity contribution in [2.75, 3.05) is 38.0 Å². The van der Waals surface area contributed by atoms with Crippen LogP contribution in [0, 0.1) is 6.92 Å². The van der Waals surface area contributed by atoms with Crippen molar-refractivity contribution in [1.82, 2.24) is 15.1 Å². The van der Waals surface area contributed by atoms with E-state index in [0.717, 1.165) is 16.7 Å². The minimum atomic E-state index is -0.240. The van der Waals surface area contributed by atoms with Crippen LogP contribution in [-0.4, -0.2) is 60.2 Å². The number of piperazine rings is 1. The fourth-order valence-corrected chi connectivity index (χ4v) is 4.29. The van der Waals surface area contributed by atoms with Gasteiger partial charge < -0.3 is 15.5 Å². The van der Waals surface area contributed by atoms with Gasteiger partial charge in [0, 0.05) is 32.7 Å². The number of nitrogens with zero attached hydrogens (tertiary/aromatic N) is 2. The molecule has 36 heavy (non-hydrogen) atoms. The summed E-state index contributed by atoms with van der Waals surface area (Å²) in [6, 6.07) is 24.6. The molecule has 1 aliphatic heterocycles. The second kappa shape index (κ2) is 12.1. The van der Waals surface area contributed by atoms with Crippen molar-refractivity contribution in [3.63, 3.8) is 0 Å². The van der Waals surface area contributed by atoms with Gasteiger partial charge in [-0.3, -0.25) is 19.3 Å². The third-order valence-electron chi connectivity index (χ3n) is 6.44. The maximum Gasteiger partial charge on any atom is 0.253 e. The van der Waals surface area contributed by atoms with Crippen LogP contribution in [0.5, 0.6) is 0 Å². The van der Waals surface area contributed by atoms with Crippen LogP contribution in [0.3, 0.4) is 0 Å². The average molecular weight is 485 g/mol. The Labute approximate surface area is 212 Å². The summed E-state index contributed by atoms with van der Waals surface area (Å²) in [4.78, 5) is 42.1. The zero-order valence-electron chi connectivity index (χ0n) is 20.6. The summed E-state index contributed by atoms with van der Waals surface area (Å²) in [5, 5.41) is 5.80. The molecular weight excluding hydrogens is 452 g/mol. The van der Waals surface area contributed by atoms with Crippen LogP contribution >= 0.6 is 0 Å². The molecule has 0 atom stereocenters. The third kappa shape index (κ3) is 6.79. The molecule has 0 bridgehead atoms. The van der Waals surface area contributed by atoms with Crippen LogP contribution in [0.2, 0.25) is 0 Å². The van der Waals surface area contributed by atoms with E-state index in [4.69, 9.17) is 0 Å². The predicted molar refractivity (Wildman–Crippen MR) is 141 cm³/mol. The smallest absolute Gasteiger partial charge is 0.253 e. The van der Waals surface area contributed by atoms with Crippen LogP contribution in [0.1, 0.15) is 27.0 Å². The van der Waals surface area contributed by atoms with Crippen molar-refractivity contribution < 1.29 is 14.4 Å². The van der Waals surface area contributed by atoms with Gasteiger partial charge in [-0.15, -0.1) is 0 Å². The average Bonchev–Trinajstić information content (AvgIpc) is 2.90. The first kappa shape index (κ1) is 25.1. The van der Waals surface area contributed by atoms with Crippen molar-refractivity contribution in [1.29, 1.82) is 0 Å². The number of hydrogen-bond acceptors (Lipinski definition) is 4. The lowest BCUT2D eigenvalue weighted by atomic mass is 10.1. The van der Waals surface area contributed by atoms with Crippen LogP contribution in [0.15, 0.2) is 78.9 Å². The molecule has 0 aromatic heterocycles. The zero-order valence-corrected chi connectivity index (χ0v) is 20.6. The van der Waals surface area contributed by atoms with E-state index in [9.17, 15) is 14.4 Å². The molecule has 3 amide bonds. The van der Waals surface area contributed by atoms with Crippen molar-refractivity contribution in [3.8, 4) is 0 Å². The SMILES string of the molecule is Cc1ccccc1CC(=O)N1CCN(CC(=O)Nc2ccccc2C(=O)NCc2ccccc2)CC1. The number of aryl methyl sites for hydroxylation is 1. The summed E-state index contributed by atoms with van der Waals surface area (Å²) >= 11 is 0. The van der Waals surface area contributed by atoms with Crippen molar-refractivity contribution >= 4 is 23.4 Å². The molecule has 7 heteroatoms. The lowest BCUT2D eigenvalue weighted by Gasteiger charge is -2.34. The van der Waals surface area contributed by atoms with Crippen molar-refractivity contribution in [2.45, 2.75) is 19.9 Å². The minimum absolute atomic E-state index is 0.115. The number of benzene rings is 3. The number of carbonyl (C=O) groups excluding carboxylic acids is 3. The lowest BCUT2D eigenvalue weighted by molar-refractivity contribution is -0.132. The van der Waals surface area contributed by atoms with Crippen LogP contribution < -0.4 is 10.6 Å². The number of carbonyl (C=O) groups is 3. The van der Waals surface area contributed by atoms with Crippen LogP contribution in [0.4, 0.5) is 5.69 Å². The fourth-order valence-electron chi connectivity index (χ4n) is 4.29. The quantitative estimate of drug-likeness (QED) is 0.514. The molecule has 3 aromatic carbocycles. The molecule has 186 valence electrons. The van der Waals surface area contributed by atoms with Gasteiger partial charge in [0.2, 0.25) is 11.8 Å². The summed E-state index contributed by atoms with van der Waals surface area (Å²) in [5.74, 6) is -0.308. The Bertz CT molecular complexity index is 1200. The van der Waals surface area contributed by atoms with E-state index < -0.39 is 0 Å². The van der Waals surface area contributed by atoms with E-state index in [2.05, 4.69) is 10.6 Å². The topological polar surface area (TPSA) is 81.8 Å². The summed E-state index contributed by atoms with van der Waals surface area (Å²) < 4.78 is 0. The highest BCUT2D eigenvalue weighted by atomic mass is 16.2. The number of anilines is 1. The van der Waals surface area contributed by atoms with E-state index in [1.807, 2.05) is 71.3 Å². The van der Waals surface area contributed by atoms with Gasteiger partial charge >= 0.3 is 0 Å². The van der Waals surface area contributed by atoms with Crippen LogP contribution in [0.25, 0.3) is 0 Å². The molecule has 1 fully saturated rings. The Hall–Kier alpha value is -3.97. The molecule has 0 radical (unpaired) electrons. The highest BCUT2D eigenvalue weighted by Crippen LogP contribution is 2.16. The molecule has 0 saturated carbocycles. The van der Waals surface area contributed by atoms with Gasteiger partial charge in [0.25, 0.3) is 5.91 Å². The Balaban J connectivity index is 1.26. The van der Waals surface area contributed by atoms with Gasteiger partial charge in [-0.25, -0.2) is 0 Å². The lowest BCUT2D eigenvalue weighted by Crippen LogP contribution is -2.50. The van der Waals surface area contributed by atoms with E-state index in [1.54, 1.807) is 24.3 Å². The highest BCUT2D eigenvalue weighted by Gasteiger charge is 2.23. The Morgan fingerprint density at radius 2 is 1.47 bits per heavy atom. The van der Waals surface area contributed by atoms with Gasteiger partial charge in [0.15, 0.2) is 0 Å².